The fourth-order valence-corrected chi connectivity index (χ4v) is 2.62. The van der Waals surface area contributed by atoms with E-state index in [-0.39, 0.29) is 0 Å². The molecule has 0 aliphatic carbocycles. The Morgan fingerprint density at radius 2 is 2.17 bits per heavy atom. The van der Waals surface area contributed by atoms with Gasteiger partial charge in [0.1, 0.15) is 0 Å². The van der Waals surface area contributed by atoms with E-state index in [9.17, 15) is 0 Å². The average molecular weight is 247 g/mol. The number of hydrogen-bond donors (Lipinski definition) is 1. The van der Waals surface area contributed by atoms with Gasteiger partial charge in [-0.25, -0.2) is 0 Å². The molecule has 0 unspecified atom stereocenters. The molecule has 1 aromatic rings. The summed E-state index contributed by atoms with van der Waals surface area (Å²) in [6, 6.07) is 4.24. The maximum absolute atomic E-state index is 4.36. The highest BCUT2D eigenvalue weighted by atomic mass is 15.1. The summed E-state index contributed by atoms with van der Waals surface area (Å²) in [6.45, 7) is 10.1. The third-order valence-corrected chi connectivity index (χ3v) is 3.90. The van der Waals surface area contributed by atoms with Gasteiger partial charge < -0.3 is 5.32 Å². The van der Waals surface area contributed by atoms with Crippen molar-refractivity contribution in [3.8, 4) is 0 Å². The number of pyridine rings is 1. The Kier molecular flexibility index (Phi) is 5.14. The Hall–Kier alpha value is -0.930. The van der Waals surface area contributed by atoms with Crippen molar-refractivity contribution in [1.29, 1.82) is 0 Å². The van der Waals surface area contributed by atoms with E-state index in [0.29, 0.717) is 0 Å². The number of aryl methyl sites for hydroxylation is 1. The highest BCUT2D eigenvalue weighted by Gasteiger charge is 2.19. The Morgan fingerprint density at radius 1 is 1.39 bits per heavy atom. The Labute approximate surface area is 111 Å². The van der Waals surface area contributed by atoms with E-state index < -0.39 is 0 Å². The third kappa shape index (κ3) is 3.79. The second kappa shape index (κ2) is 6.86. The van der Waals surface area contributed by atoms with E-state index in [1.165, 1.54) is 43.7 Å². The van der Waals surface area contributed by atoms with Gasteiger partial charge in [-0.3, -0.25) is 9.88 Å². The van der Waals surface area contributed by atoms with Crippen LogP contribution in [0.3, 0.4) is 0 Å². The van der Waals surface area contributed by atoms with Crippen LogP contribution >= 0.6 is 0 Å². The van der Waals surface area contributed by atoms with Gasteiger partial charge in [0, 0.05) is 18.4 Å². The maximum atomic E-state index is 4.36. The zero-order valence-electron chi connectivity index (χ0n) is 11.7. The zero-order valence-corrected chi connectivity index (χ0v) is 11.7. The summed E-state index contributed by atoms with van der Waals surface area (Å²) < 4.78 is 0. The zero-order chi connectivity index (χ0) is 12.8. The first-order valence-corrected chi connectivity index (χ1v) is 7.13. The molecule has 0 radical (unpaired) electrons. The van der Waals surface area contributed by atoms with Gasteiger partial charge in [-0.1, -0.05) is 13.0 Å². The lowest BCUT2D eigenvalue weighted by Gasteiger charge is -2.32. The third-order valence-electron chi connectivity index (χ3n) is 3.90. The van der Waals surface area contributed by atoms with E-state index >= 15 is 0 Å². The SMILES string of the molecule is CCNCC1CCN(Cc2cccnc2C)CC1. The molecule has 1 aromatic heterocycles. The second-order valence-electron chi connectivity index (χ2n) is 5.28. The first-order valence-electron chi connectivity index (χ1n) is 7.13. The molecule has 2 rings (SSSR count). The normalized spacial score (nSPS) is 18.1. The second-order valence-corrected chi connectivity index (χ2v) is 5.28. The van der Waals surface area contributed by atoms with Gasteiger partial charge in [0.2, 0.25) is 0 Å². The highest BCUT2D eigenvalue weighted by Crippen LogP contribution is 2.19. The molecule has 0 saturated carbocycles. The molecule has 0 spiro atoms. The van der Waals surface area contributed by atoms with Crippen molar-refractivity contribution < 1.29 is 0 Å². The van der Waals surface area contributed by atoms with Crippen LogP contribution in [0.15, 0.2) is 18.3 Å². The Bertz CT molecular complexity index is 357. The van der Waals surface area contributed by atoms with Gasteiger partial charge in [0.15, 0.2) is 0 Å². The first-order chi connectivity index (χ1) is 8.79. The molecule has 2 heterocycles. The van der Waals surface area contributed by atoms with Crippen molar-refractivity contribution in [3.05, 3.63) is 29.6 Å². The molecule has 1 saturated heterocycles. The van der Waals surface area contributed by atoms with Gasteiger partial charge >= 0.3 is 0 Å². The number of aromatic nitrogens is 1. The van der Waals surface area contributed by atoms with Crippen LogP contribution in [-0.2, 0) is 6.54 Å². The van der Waals surface area contributed by atoms with Crippen molar-refractivity contribution in [2.24, 2.45) is 5.92 Å². The van der Waals surface area contributed by atoms with E-state index in [0.717, 1.165) is 19.0 Å². The quantitative estimate of drug-likeness (QED) is 0.864. The smallest absolute Gasteiger partial charge is 0.0417 e. The molecule has 0 bridgehead atoms. The number of likely N-dealkylation sites (tertiary alicyclic amines) is 1. The molecule has 1 aliphatic rings. The summed E-state index contributed by atoms with van der Waals surface area (Å²) >= 11 is 0. The number of hydrogen-bond acceptors (Lipinski definition) is 3. The fourth-order valence-electron chi connectivity index (χ4n) is 2.62. The van der Waals surface area contributed by atoms with Crippen LogP contribution in [0.2, 0.25) is 0 Å². The van der Waals surface area contributed by atoms with Crippen molar-refractivity contribution >= 4 is 0 Å². The van der Waals surface area contributed by atoms with Crippen LogP contribution < -0.4 is 5.32 Å². The van der Waals surface area contributed by atoms with Crippen LogP contribution in [0.1, 0.15) is 31.0 Å². The molecule has 0 amide bonds. The van der Waals surface area contributed by atoms with Crippen molar-refractivity contribution in [2.75, 3.05) is 26.2 Å². The number of rotatable bonds is 5. The largest absolute Gasteiger partial charge is 0.317 e. The molecule has 0 aromatic carbocycles. The van der Waals surface area contributed by atoms with Crippen molar-refractivity contribution in [2.45, 2.75) is 33.2 Å². The van der Waals surface area contributed by atoms with Crippen LogP contribution in [0.4, 0.5) is 0 Å². The molecule has 0 atom stereocenters. The molecule has 1 aliphatic heterocycles. The molecule has 18 heavy (non-hydrogen) atoms. The Morgan fingerprint density at radius 3 is 2.83 bits per heavy atom. The molecule has 1 fully saturated rings. The van der Waals surface area contributed by atoms with E-state index in [4.69, 9.17) is 0 Å². The van der Waals surface area contributed by atoms with Crippen LogP contribution in [-0.4, -0.2) is 36.1 Å². The summed E-state index contributed by atoms with van der Waals surface area (Å²) in [7, 11) is 0. The standard InChI is InChI=1S/C15H25N3/c1-3-16-11-14-6-9-18(10-7-14)12-15-5-4-8-17-13(15)2/h4-5,8,14,16H,3,6-7,9-12H2,1-2H3. The monoisotopic (exact) mass is 247 g/mol. The molecular formula is C15H25N3. The summed E-state index contributed by atoms with van der Waals surface area (Å²) in [5.74, 6) is 0.871. The van der Waals surface area contributed by atoms with Crippen molar-refractivity contribution in [3.63, 3.8) is 0 Å². The van der Waals surface area contributed by atoms with Gasteiger partial charge in [-0.05, 0) is 63.5 Å². The van der Waals surface area contributed by atoms with Gasteiger partial charge in [0.25, 0.3) is 0 Å². The lowest BCUT2D eigenvalue weighted by molar-refractivity contribution is 0.175. The fraction of sp³-hybridized carbons (Fsp3) is 0.667. The van der Waals surface area contributed by atoms with E-state index in [1.54, 1.807) is 0 Å². The molecule has 1 N–H and O–H groups in total. The minimum absolute atomic E-state index is 0.871. The van der Waals surface area contributed by atoms with Gasteiger partial charge in [-0.2, -0.15) is 0 Å². The number of piperidine rings is 1. The van der Waals surface area contributed by atoms with Gasteiger partial charge in [0.05, 0.1) is 0 Å². The van der Waals surface area contributed by atoms with Crippen LogP contribution in [0.5, 0.6) is 0 Å². The summed E-state index contributed by atoms with van der Waals surface area (Å²) in [5.41, 5.74) is 2.55. The van der Waals surface area contributed by atoms with Crippen LogP contribution in [0, 0.1) is 12.8 Å². The lowest BCUT2D eigenvalue weighted by Crippen LogP contribution is -2.37. The van der Waals surface area contributed by atoms with Crippen LogP contribution in [0.25, 0.3) is 0 Å². The minimum atomic E-state index is 0.871. The molecule has 3 heteroatoms. The average Bonchev–Trinajstić information content (AvgIpc) is 2.41. The highest BCUT2D eigenvalue weighted by molar-refractivity contribution is 5.18. The maximum Gasteiger partial charge on any atom is 0.0417 e. The van der Waals surface area contributed by atoms with E-state index in [2.05, 4.69) is 35.1 Å². The number of nitrogens with one attached hydrogen (secondary N) is 1. The predicted molar refractivity (Wildman–Crippen MR) is 75.5 cm³/mol. The first kappa shape index (κ1) is 13.5. The summed E-state index contributed by atoms with van der Waals surface area (Å²) in [5, 5.41) is 3.46. The van der Waals surface area contributed by atoms with Crippen molar-refractivity contribution in [1.82, 2.24) is 15.2 Å². The summed E-state index contributed by atoms with van der Waals surface area (Å²) in [4.78, 5) is 6.93. The lowest BCUT2D eigenvalue weighted by atomic mass is 9.96. The molecular weight excluding hydrogens is 222 g/mol. The van der Waals surface area contributed by atoms with E-state index in [1.807, 2.05) is 12.3 Å². The minimum Gasteiger partial charge on any atom is -0.317 e. The summed E-state index contributed by atoms with van der Waals surface area (Å²) in [6.07, 6.45) is 4.53. The molecule has 100 valence electrons. The topological polar surface area (TPSA) is 28.2 Å². The Balaban J connectivity index is 1.78. The predicted octanol–water partition coefficient (Wildman–Crippen LogP) is 2.21. The molecule has 3 nitrogen and oxygen atoms in total. The number of nitrogens with zero attached hydrogens (tertiary/aromatic N) is 2. The van der Waals surface area contributed by atoms with Gasteiger partial charge in [-0.15, -0.1) is 0 Å².